The fraction of sp³-hybridized carbons (Fsp3) is 1.00. The van der Waals surface area contributed by atoms with Crippen molar-refractivity contribution in [1.82, 2.24) is 0 Å². The largest absolute Gasteiger partial charge is 0.368 e. The molecule has 2 aliphatic rings. The minimum Gasteiger partial charge on any atom is -0.368 e. The molecule has 4 heteroatoms. The number of epoxide rings is 1. The van der Waals surface area contributed by atoms with Gasteiger partial charge in [0.25, 0.3) is 0 Å². The lowest BCUT2D eigenvalue weighted by Gasteiger charge is -2.04. The van der Waals surface area contributed by atoms with Gasteiger partial charge >= 0.3 is 0 Å². The van der Waals surface area contributed by atoms with Crippen LogP contribution >= 0.6 is 0 Å². The first-order chi connectivity index (χ1) is 4.17. The summed E-state index contributed by atoms with van der Waals surface area (Å²) in [5, 5.41) is 0. The molecule has 3 nitrogen and oxygen atoms in total. The lowest BCUT2D eigenvalue weighted by atomic mass is 10.3. The van der Waals surface area contributed by atoms with E-state index in [1.165, 1.54) is 0 Å². The predicted molar refractivity (Wildman–Crippen MR) is 31.9 cm³/mol. The number of hydrogen-bond acceptors (Lipinski definition) is 3. The summed E-state index contributed by atoms with van der Waals surface area (Å²) in [7, 11) is -2.72. The quantitative estimate of drug-likeness (QED) is 0.438. The molecule has 2 aliphatic heterocycles. The van der Waals surface area contributed by atoms with Crippen molar-refractivity contribution in [3.8, 4) is 0 Å². The van der Waals surface area contributed by atoms with E-state index in [4.69, 9.17) is 4.74 Å². The van der Waals surface area contributed by atoms with Crippen molar-refractivity contribution in [3.63, 3.8) is 0 Å². The van der Waals surface area contributed by atoms with Gasteiger partial charge in [0, 0.05) is 0 Å². The molecular weight excluding hydrogens is 140 g/mol. The molecule has 2 saturated heterocycles. The molecule has 52 valence electrons. The molecule has 2 heterocycles. The molecule has 0 unspecified atom stereocenters. The summed E-state index contributed by atoms with van der Waals surface area (Å²) in [4.78, 5) is 0. The summed E-state index contributed by atoms with van der Waals surface area (Å²) < 4.78 is 26.6. The zero-order valence-electron chi connectivity index (χ0n) is 4.91. The third kappa shape index (κ3) is 0.966. The smallest absolute Gasteiger partial charge is 0.153 e. The van der Waals surface area contributed by atoms with Crippen LogP contribution < -0.4 is 0 Å². The second kappa shape index (κ2) is 1.49. The lowest BCUT2D eigenvalue weighted by Crippen LogP contribution is -2.23. The van der Waals surface area contributed by atoms with E-state index >= 15 is 0 Å². The van der Waals surface area contributed by atoms with E-state index < -0.39 is 9.84 Å². The first-order valence-electron chi connectivity index (χ1n) is 3.03. The Labute approximate surface area is 53.9 Å². The average Bonchev–Trinajstić information content (AvgIpc) is 2.41. The molecular formula is C5H8O3S. The molecule has 0 aromatic heterocycles. The van der Waals surface area contributed by atoms with Gasteiger partial charge in [-0.1, -0.05) is 0 Å². The SMILES string of the molecule is O=S1(=O)CC[C@@H]2O[C@@H]2C1. The van der Waals surface area contributed by atoms with Gasteiger partial charge in [-0.2, -0.15) is 0 Å². The molecule has 0 aromatic carbocycles. The Morgan fingerprint density at radius 3 is 2.67 bits per heavy atom. The highest BCUT2D eigenvalue weighted by Gasteiger charge is 2.46. The zero-order chi connectivity index (χ0) is 6.48. The second-order valence-electron chi connectivity index (χ2n) is 2.62. The minimum absolute atomic E-state index is 0.0590. The zero-order valence-corrected chi connectivity index (χ0v) is 5.73. The van der Waals surface area contributed by atoms with E-state index in [0.29, 0.717) is 12.2 Å². The Morgan fingerprint density at radius 2 is 2.11 bits per heavy atom. The summed E-state index contributed by atoms with van der Waals surface area (Å²) in [5.41, 5.74) is 0. The van der Waals surface area contributed by atoms with Crippen LogP contribution in [-0.4, -0.2) is 32.1 Å². The molecule has 0 bridgehead atoms. The van der Waals surface area contributed by atoms with E-state index in [0.717, 1.165) is 0 Å². The van der Waals surface area contributed by atoms with Crippen LogP contribution in [0.1, 0.15) is 6.42 Å². The Hall–Kier alpha value is -0.0900. The van der Waals surface area contributed by atoms with Crippen LogP contribution in [-0.2, 0) is 14.6 Å². The van der Waals surface area contributed by atoms with Crippen molar-refractivity contribution < 1.29 is 13.2 Å². The van der Waals surface area contributed by atoms with Crippen LogP contribution in [0.3, 0.4) is 0 Å². The van der Waals surface area contributed by atoms with Crippen LogP contribution in [0.2, 0.25) is 0 Å². The minimum atomic E-state index is -2.72. The average molecular weight is 148 g/mol. The van der Waals surface area contributed by atoms with Gasteiger partial charge in [0.15, 0.2) is 9.84 Å². The molecule has 0 amide bonds. The molecule has 0 N–H and O–H groups in total. The second-order valence-corrected chi connectivity index (χ2v) is 4.84. The monoisotopic (exact) mass is 148 g/mol. The van der Waals surface area contributed by atoms with E-state index in [-0.39, 0.29) is 18.0 Å². The van der Waals surface area contributed by atoms with Crippen LogP contribution in [0, 0.1) is 0 Å². The molecule has 2 fully saturated rings. The van der Waals surface area contributed by atoms with Gasteiger partial charge in [-0.15, -0.1) is 0 Å². The van der Waals surface area contributed by atoms with Crippen molar-refractivity contribution in [1.29, 1.82) is 0 Å². The molecule has 0 aliphatic carbocycles. The number of sulfone groups is 1. The van der Waals surface area contributed by atoms with Gasteiger partial charge < -0.3 is 4.74 Å². The van der Waals surface area contributed by atoms with E-state index in [2.05, 4.69) is 0 Å². The maximum Gasteiger partial charge on any atom is 0.153 e. The van der Waals surface area contributed by atoms with Crippen molar-refractivity contribution in [3.05, 3.63) is 0 Å². The molecule has 0 saturated carbocycles. The van der Waals surface area contributed by atoms with Crippen LogP contribution in [0.15, 0.2) is 0 Å². The van der Waals surface area contributed by atoms with Crippen LogP contribution in [0.4, 0.5) is 0 Å². The molecule has 9 heavy (non-hydrogen) atoms. The maximum absolute atomic E-state index is 10.8. The third-order valence-corrected chi connectivity index (χ3v) is 3.51. The fourth-order valence-electron chi connectivity index (χ4n) is 1.21. The third-order valence-electron chi connectivity index (χ3n) is 1.82. The normalized spacial score (nSPS) is 45.8. The predicted octanol–water partition coefficient (Wildman–Crippen LogP) is -0.428. The number of fused-ring (bicyclic) bond motifs is 1. The Morgan fingerprint density at radius 1 is 1.33 bits per heavy atom. The standard InChI is InChI=1S/C5H8O3S/c6-9(7)2-1-4-5(3-9)8-4/h4-5H,1-3H2/t4-,5+/m0/s1. The van der Waals surface area contributed by atoms with Gasteiger partial charge in [0.2, 0.25) is 0 Å². The molecule has 0 aromatic rings. The van der Waals surface area contributed by atoms with Gasteiger partial charge in [0.05, 0.1) is 23.7 Å². The molecule has 2 rings (SSSR count). The van der Waals surface area contributed by atoms with Gasteiger partial charge in [-0.25, -0.2) is 8.42 Å². The van der Waals surface area contributed by atoms with Gasteiger partial charge in [-0.05, 0) is 6.42 Å². The van der Waals surface area contributed by atoms with Crippen molar-refractivity contribution in [2.24, 2.45) is 0 Å². The van der Waals surface area contributed by atoms with Crippen LogP contribution in [0.25, 0.3) is 0 Å². The Balaban J connectivity index is 2.18. The summed E-state index contributed by atoms with van der Waals surface area (Å²) in [6.07, 6.45) is 1.06. The highest BCUT2D eigenvalue weighted by molar-refractivity contribution is 7.91. The van der Waals surface area contributed by atoms with Crippen LogP contribution in [0.5, 0.6) is 0 Å². The Bertz CT molecular complexity index is 218. The first-order valence-corrected chi connectivity index (χ1v) is 4.85. The molecule has 0 radical (unpaired) electrons. The number of hydrogen-bond donors (Lipinski definition) is 0. The highest BCUT2D eigenvalue weighted by Crippen LogP contribution is 2.31. The van der Waals surface area contributed by atoms with Gasteiger partial charge in [-0.3, -0.25) is 0 Å². The van der Waals surface area contributed by atoms with E-state index in [1.807, 2.05) is 0 Å². The first kappa shape index (κ1) is 5.68. The van der Waals surface area contributed by atoms with E-state index in [1.54, 1.807) is 0 Å². The maximum atomic E-state index is 10.8. The summed E-state index contributed by atoms with van der Waals surface area (Å²) in [6.45, 7) is 0. The number of rotatable bonds is 0. The summed E-state index contributed by atoms with van der Waals surface area (Å²) in [5.74, 6) is 0.589. The van der Waals surface area contributed by atoms with Crippen molar-refractivity contribution >= 4 is 9.84 Å². The van der Waals surface area contributed by atoms with Crippen molar-refractivity contribution in [2.75, 3.05) is 11.5 Å². The highest BCUT2D eigenvalue weighted by atomic mass is 32.2. The Kier molecular flexibility index (Phi) is 0.941. The van der Waals surface area contributed by atoms with Crippen molar-refractivity contribution in [2.45, 2.75) is 18.6 Å². The molecule has 2 atom stereocenters. The van der Waals surface area contributed by atoms with Gasteiger partial charge in [0.1, 0.15) is 0 Å². The topological polar surface area (TPSA) is 46.7 Å². The lowest BCUT2D eigenvalue weighted by molar-refractivity contribution is 0.380. The summed E-state index contributed by atoms with van der Waals surface area (Å²) >= 11 is 0. The fourth-order valence-corrected chi connectivity index (χ4v) is 2.76. The molecule has 0 spiro atoms. The number of ether oxygens (including phenoxy) is 1. The van der Waals surface area contributed by atoms with E-state index in [9.17, 15) is 8.42 Å². The summed E-state index contributed by atoms with van der Waals surface area (Å²) in [6, 6.07) is 0.